The molecule has 0 aliphatic rings. The van der Waals surface area contributed by atoms with Crippen molar-refractivity contribution >= 4 is 29.3 Å². The maximum atomic E-state index is 12.2. The topological polar surface area (TPSA) is 56.8 Å². The summed E-state index contributed by atoms with van der Waals surface area (Å²) >= 11 is 6.06. The number of anilines is 1. The summed E-state index contributed by atoms with van der Waals surface area (Å²) in [6.07, 6.45) is 3.12. The van der Waals surface area contributed by atoms with Gasteiger partial charge in [0.25, 0.3) is 0 Å². The first-order valence-electron chi connectivity index (χ1n) is 7.71. The Morgan fingerprint density at radius 3 is 2.52 bits per heavy atom. The molecule has 0 aliphatic heterocycles. The van der Waals surface area contributed by atoms with E-state index in [-0.39, 0.29) is 5.91 Å². The molecule has 6 heteroatoms. The van der Waals surface area contributed by atoms with Crippen molar-refractivity contribution in [2.24, 2.45) is 0 Å². The van der Waals surface area contributed by atoms with Gasteiger partial charge in [0.05, 0.1) is 31.5 Å². The van der Waals surface area contributed by atoms with Crippen molar-refractivity contribution in [2.45, 2.75) is 6.92 Å². The Balaban J connectivity index is 2.18. The molecule has 2 aromatic rings. The molecule has 0 fully saturated rings. The van der Waals surface area contributed by atoms with E-state index in [2.05, 4.69) is 5.32 Å². The number of para-hydroxylation sites is 1. The summed E-state index contributed by atoms with van der Waals surface area (Å²) in [7, 11) is 3.01. The highest BCUT2D eigenvalue weighted by molar-refractivity contribution is 6.32. The van der Waals surface area contributed by atoms with Gasteiger partial charge in [0.15, 0.2) is 0 Å². The van der Waals surface area contributed by atoms with Gasteiger partial charge >= 0.3 is 0 Å². The molecule has 5 nitrogen and oxygen atoms in total. The zero-order valence-corrected chi connectivity index (χ0v) is 15.1. The normalized spacial score (nSPS) is 10.6. The second-order valence-electron chi connectivity index (χ2n) is 4.98. The number of benzene rings is 2. The van der Waals surface area contributed by atoms with E-state index in [1.54, 1.807) is 18.2 Å². The molecule has 2 rings (SSSR count). The van der Waals surface area contributed by atoms with Crippen LogP contribution in [0.2, 0.25) is 5.02 Å². The lowest BCUT2D eigenvalue weighted by Crippen LogP contribution is -2.09. The van der Waals surface area contributed by atoms with Crippen molar-refractivity contribution in [2.75, 3.05) is 26.1 Å². The second kappa shape index (κ2) is 8.99. The van der Waals surface area contributed by atoms with E-state index in [9.17, 15) is 4.79 Å². The van der Waals surface area contributed by atoms with E-state index in [0.717, 1.165) is 11.3 Å². The van der Waals surface area contributed by atoms with Crippen molar-refractivity contribution in [3.63, 3.8) is 0 Å². The van der Waals surface area contributed by atoms with Crippen LogP contribution in [0.4, 0.5) is 5.69 Å². The average molecular weight is 362 g/mol. The van der Waals surface area contributed by atoms with E-state index in [4.69, 9.17) is 25.8 Å². The Morgan fingerprint density at radius 2 is 1.84 bits per heavy atom. The number of methoxy groups -OCH3 is 2. The van der Waals surface area contributed by atoms with Crippen LogP contribution in [-0.2, 0) is 4.79 Å². The minimum atomic E-state index is -0.311. The molecule has 0 saturated carbocycles. The van der Waals surface area contributed by atoms with Crippen molar-refractivity contribution in [3.8, 4) is 17.2 Å². The SMILES string of the molecule is CCOc1ccccc1C=CC(=O)Nc1cc(OC)c(Cl)cc1OC. The number of carbonyl (C=O) groups is 1. The van der Waals surface area contributed by atoms with E-state index in [0.29, 0.717) is 28.8 Å². The highest BCUT2D eigenvalue weighted by Gasteiger charge is 2.11. The highest BCUT2D eigenvalue weighted by Crippen LogP contribution is 2.35. The van der Waals surface area contributed by atoms with Crippen LogP contribution in [0.5, 0.6) is 17.2 Å². The Bertz CT molecular complexity index is 774. The molecule has 25 heavy (non-hydrogen) atoms. The smallest absolute Gasteiger partial charge is 0.248 e. The van der Waals surface area contributed by atoms with Crippen molar-refractivity contribution < 1.29 is 19.0 Å². The van der Waals surface area contributed by atoms with Crippen LogP contribution in [0, 0.1) is 0 Å². The lowest BCUT2D eigenvalue weighted by Gasteiger charge is -2.12. The van der Waals surface area contributed by atoms with Gasteiger partial charge in [-0.25, -0.2) is 0 Å². The first kappa shape index (κ1) is 18.7. The van der Waals surface area contributed by atoms with Gasteiger partial charge in [-0.2, -0.15) is 0 Å². The van der Waals surface area contributed by atoms with Crippen molar-refractivity contribution in [1.82, 2.24) is 0 Å². The molecule has 0 saturated heterocycles. The van der Waals surface area contributed by atoms with Crippen LogP contribution in [-0.4, -0.2) is 26.7 Å². The lowest BCUT2D eigenvalue weighted by atomic mass is 10.2. The van der Waals surface area contributed by atoms with Crippen LogP contribution in [0.15, 0.2) is 42.5 Å². The summed E-state index contributed by atoms with van der Waals surface area (Å²) in [5.41, 5.74) is 1.29. The lowest BCUT2D eigenvalue weighted by molar-refractivity contribution is -0.111. The summed E-state index contributed by atoms with van der Waals surface area (Å²) in [5.74, 6) is 1.31. The first-order chi connectivity index (χ1) is 12.1. The number of rotatable bonds is 7. The standard InChI is InChI=1S/C19H20ClNO4/c1-4-25-16-8-6-5-7-13(16)9-10-19(22)21-15-12-17(23-2)14(20)11-18(15)24-3/h5-12H,4H2,1-3H3,(H,21,22). The summed E-state index contributed by atoms with van der Waals surface area (Å²) in [5, 5.41) is 3.16. The van der Waals surface area contributed by atoms with Crippen LogP contribution in [0.1, 0.15) is 12.5 Å². The molecular weight excluding hydrogens is 342 g/mol. The number of hydrogen-bond acceptors (Lipinski definition) is 4. The summed E-state index contributed by atoms with van der Waals surface area (Å²) < 4.78 is 15.9. The first-order valence-corrected chi connectivity index (χ1v) is 8.09. The van der Waals surface area contributed by atoms with Gasteiger partial charge in [0.2, 0.25) is 5.91 Å². The van der Waals surface area contributed by atoms with E-state index < -0.39 is 0 Å². The molecule has 0 aromatic heterocycles. The molecule has 0 radical (unpaired) electrons. The van der Waals surface area contributed by atoms with Crippen molar-refractivity contribution in [3.05, 3.63) is 53.1 Å². The predicted octanol–water partition coefficient (Wildman–Crippen LogP) is 4.41. The molecule has 2 aromatic carbocycles. The molecule has 0 heterocycles. The Labute approximate surface area is 152 Å². The third-order valence-electron chi connectivity index (χ3n) is 3.36. The van der Waals surface area contributed by atoms with Crippen LogP contribution in [0.3, 0.4) is 0 Å². The predicted molar refractivity (Wildman–Crippen MR) is 99.8 cm³/mol. The van der Waals surface area contributed by atoms with Gasteiger partial charge in [0, 0.05) is 23.8 Å². The quantitative estimate of drug-likeness (QED) is 0.742. The zero-order chi connectivity index (χ0) is 18.2. The van der Waals surface area contributed by atoms with Crippen LogP contribution >= 0.6 is 11.6 Å². The molecule has 1 N–H and O–H groups in total. The van der Waals surface area contributed by atoms with Gasteiger partial charge < -0.3 is 19.5 Å². The number of ether oxygens (including phenoxy) is 3. The molecular formula is C19H20ClNO4. The molecule has 0 spiro atoms. The Hall–Kier alpha value is -2.66. The molecule has 0 bridgehead atoms. The highest BCUT2D eigenvalue weighted by atomic mass is 35.5. The Morgan fingerprint density at radius 1 is 1.12 bits per heavy atom. The Kier molecular flexibility index (Phi) is 6.71. The number of nitrogens with one attached hydrogen (secondary N) is 1. The van der Waals surface area contributed by atoms with Gasteiger partial charge in [0.1, 0.15) is 17.2 Å². The minimum Gasteiger partial charge on any atom is -0.495 e. The fraction of sp³-hybridized carbons (Fsp3) is 0.211. The van der Waals surface area contributed by atoms with Gasteiger partial charge in [-0.1, -0.05) is 29.8 Å². The van der Waals surface area contributed by atoms with E-state index in [1.165, 1.54) is 20.3 Å². The van der Waals surface area contributed by atoms with E-state index in [1.807, 2.05) is 31.2 Å². The third-order valence-corrected chi connectivity index (χ3v) is 3.66. The largest absolute Gasteiger partial charge is 0.495 e. The van der Waals surface area contributed by atoms with Gasteiger partial charge in [-0.05, 0) is 19.1 Å². The van der Waals surface area contributed by atoms with Crippen LogP contribution in [0.25, 0.3) is 6.08 Å². The molecule has 1 amide bonds. The minimum absolute atomic E-state index is 0.311. The van der Waals surface area contributed by atoms with Crippen molar-refractivity contribution in [1.29, 1.82) is 0 Å². The molecule has 0 atom stereocenters. The summed E-state index contributed by atoms with van der Waals surface area (Å²) in [4.78, 5) is 12.2. The molecule has 0 unspecified atom stereocenters. The summed E-state index contributed by atoms with van der Waals surface area (Å²) in [6.45, 7) is 2.46. The molecule has 0 aliphatic carbocycles. The maximum absolute atomic E-state index is 12.2. The molecule has 132 valence electrons. The number of halogens is 1. The van der Waals surface area contributed by atoms with E-state index >= 15 is 0 Å². The number of hydrogen-bond donors (Lipinski definition) is 1. The number of carbonyl (C=O) groups excluding carboxylic acids is 1. The monoisotopic (exact) mass is 361 g/mol. The zero-order valence-electron chi connectivity index (χ0n) is 14.3. The van der Waals surface area contributed by atoms with Gasteiger partial charge in [-0.15, -0.1) is 0 Å². The average Bonchev–Trinajstić information content (AvgIpc) is 2.62. The third kappa shape index (κ3) is 4.90. The maximum Gasteiger partial charge on any atom is 0.248 e. The number of amides is 1. The van der Waals surface area contributed by atoms with Gasteiger partial charge in [-0.3, -0.25) is 4.79 Å². The fourth-order valence-corrected chi connectivity index (χ4v) is 2.43. The second-order valence-corrected chi connectivity index (χ2v) is 5.39. The fourth-order valence-electron chi connectivity index (χ4n) is 2.20. The van der Waals surface area contributed by atoms with Crippen LogP contribution < -0.4 is 19.5 Å². The summed E-state index contributed by atoms with van der Waals surface area (Å²) in [6, 6.07) is 10.7.